The van der Waals surface area contributed by atoms with Gasteiger partial charge in [0.1, 0.15) is 29.7 Å². The quantitative estimate of drug-likeness (QED) is 0.243. The van der Waals surface area contributed by atoms with Gasteiger partial charge < -0.3 is 14.2 Å². The first-order valence-electron chi connectivity index (χ1n) is 15.9. The van der Waals surface area contributed by atoms with Crippen molar-refractivity contribution in [3.8, 4) is 11.5 Å². The third-order valence-electron chi connectivity index (χ3n) is 9.47. The lowest BCUT2D eigenvalue weighted by Crippen LogP contribution is -2.51. The van der Waals surface area contributed by atoms with Crippen LogP contribution >= 0.6 is 23.2 Å². The van der Waals surface area contributed by atoms with E-state index in [4.69, 9.17) is 37.4 Å². The van der Waals surface area contributed by atoms with Gasteiger partial charge in [0.05, 0.1) is 17.2 Å². The predicted octanol–water partition coefficient (Wildman–Crippen LogP) is 8.32. The smallest absolute Gasteiger partial charge is 0.323 e. The molecule has 1 saturated carbocycles. The van der Waals surface area contributed by atoms with Gasteiger partial charge in [-0.2, -0.15) is 0 Å². The fraction of sp³-hybridized carbons (Fsp3) is 0.472. The van der Waals surface area contributed by atoms with Gasteiger partial charge in [-0.15, -0.1) is 0 Å². The summed E-state index contributed by atoms with van der Waals surface area (Å²) in [5.41, 5.74) is 5.76. The minimum absolute atomic E-state index is 0.119. The highest BCUT2D eigenvalue weighted by molar-refractivity contribution is 6.42. The van der Waals surface area contributed by atoms with Crippen LogP contribution in [0.3, 0.4) is 0 Å². The fourth-order valence-electron chi connectivity index (χ4n) is 7.10. The summed E-state index contributed by atoms with van der Waals surface area (Å²) in [6.45, 7) is 4.40. The van der Waals surface area contributed by atoms with Crippen LogP contribution in [0.2, 0.25) is 10.0 Å². The van der Waals surface area contributed by atoms with Crippen LogP contribution in [0.5, 0.6) is 11.5 Å². The first kappa shape index (κ1) is 31.2. The molecule has 2 heterocycles. The third kappa shape index (κ3) is 6.74. The van der Waals surface area contributed by atoms with E-state index in [9.17, 15) is 4.79 Å². The van der Waals surface area contributed by atoms with Crippen molar-refractivity contribution in [2.75, 3.05) is 20.7 Å². The van der Waals surface area contributed by atoms with Crippen molar-refractivity contribution < 1.29 is 19.0 Å². The lowest BCUT2D eigenvalue weighted by Gasteiger charge is -2.42. The molecule has 0 unspecified atom stereocenters. The molecule has 6 nitrogen and oxygen atoms in total. The molecule has 1 fully saturated rings. The summed E-state index contributed by atoms with van der Waals surface area (Å²) in [5, 5.41) is 1.07. The molecule has 3 aromatic rings. The van der Waals surface area contributed by atoms with Crippen molar-refractivity contribution >= 4 is 29.2 Å². The maximum atomic E-state index is 12.9. The van der Waals surface area contributed by atoms with Crippen LogP contribution in [-0.4, -0.2) is 48.6 Å². The Bertz CT molecular complexity index is 1470. The third-order valence-corrected chi connectivity index (χ3v) is 10.2. The van der Waals surface area contributed by atoms with Crippen molar-refractivity contribution in [3.05, 3.63) is 92.5 Å². The Balaban J connectivity index is 1.21. The SMILES string of the molecule is CC[C@@H](Oc1ccc([C@H]2CN(C)Cc3cc4c(cc3O2)CN(C2CCCCC2)[C@H](C(=O)OC)C4)cc1)c1ccc(Cl)c(Cl)c1. The molecular formula is C36H42Cl2N2O4. The largest absolute Gasteiger partial charge is 0.486 e. The van der Waals surface area contributed by atoms with Gasteiger partial charge in [-0.3, -0.25) is 14.6 Å². The molecule has 8 heteroatoms. The van der Waals surface area contributed by atoms with Crippen LogP contribution in [0.25, 0.3) is 0 Å². The van der Waals surface area contributed by atoms with E-state index in [0.717, 1.165) is 67.1 Å². The van der Waals surface area contributed by atoms with Crippen LogP contribution in [0.4, 0.5) is 0 Å². The maximum Gasteiger partial charge on any atom is 0.323 e. The number of esters is 1. The Morgan fingerprint density at radius 2 is 1.73 bits per heavy atom. The average molecular weight is 638 g/mol. The van der Waals surface area contributed by atoms with Crippen molar-refractivity contribution in [2.45, 2.75) is 89.3 Å². The molecule has 0 saturated heterocycles. The second kappa shape index (κ2) is 13.7. The van der Waals surface area contributed by atoms with Crippen molar-refractivity contribution in [1.29, 1.82) is 0 Å². The van der Waals surface area contributed by atoms with Crippen LogP contribution in [0.1, 0.15) is 85.5 Å². The minimum atomic E-state index is -0.226. The number of likely N-dealkylation sites (N-methyl/N-ethyl adjacent to an activating group) is 1. The molecule has 0 amide bonds. The van der Waals surface area contributed by atoms with Crippen LogP contribution in [-0.2, 0) is 29.0 Å². The van der Waals surface area contributed by atoms with Crippen LogP contribution in [0.15, 0.2) is 54.6 Å². The summed E-state index contributed by atoms with van der Waals surface area (Å²) in [5.74, 6) is 1.61. The molecule has 0 aromatic heterocycles. The van der Waals surface area contributed by atoms with Crippen molar-refractivity contribution in [1.82, 2.24) is 9.80 Å². The highest BCUT2D eigenvalue weighted by Gasteiger charge is 2.38. The summed E-state index contributed by atoms with van der Waals surface area (Å²) >= 11 is 12.4. The molecule has 44 heavy (non-hydrogen) atoms. The molecular weight excluding hydrogens is 595 g/mol. The molecule has 234 valence electrons. The summed E-state index contributed by atoms with van der Waals surface area (Å²) in [4.78, 5) is 17.6. The van der Waals surface area contributed by atoms with Crippen LogP contribution in [0, 0.1) is 0 Å². The second-order valence-corrected chi connectivity index (χ2v) is 13.3. The van der Waals surface area contributed by atoms with E-state index >= 15 is 0 Å². The van der Waals surface area contributed by atoms with E-state index < -0.39 is 0 Å². The second-order valence-electron chi connectivity index (χ2n) is 12.5. The first-order valence-corrected chi connectivity index (χ1v) is 16.6. The van der Waals surface area contributed by atoms with Gasteiger partial charge in [0.25, 0.3) is 0 Å². The molecule has 0 bridgehead atoms. The van der Waals surface area contributed by atoms with E-state index in [0.29, 0.717) is 22.5 Å². The van der Waals surface area contributed by atoms with Crippen molar-refractivity contribution in [3.63, 3.8) is 0 Å². The monoisotopic (exact) mass is 636 g/mol. The van der Waals surface area contributed by atoms with Gasteiger partial charge in [0.2, 0.25) is 0 Å². The Kier molecular flexibility index (Phi) is 9.72. The van der Waals surface area contributed by atoms with Crippen LogP contribution < -0.4 is 9.47 Å². The molecule has 1 aliphatic carbocycles. The number of fused-ring (bicyclic) bond motifs is 2. The standard InChI is InChI=1S/C36H42Cl2N2O4/c1-4-33(24-12-15-30(37)31(38)17-24)43-29-13-10-23(11-14-29)35-22-39(2)20-27-16-25-18-32(36(41)42-3)40(28-8-6-5-7-9-28)21-26(25)19-34(27)44-35/h10-17,19,28,32-33,35H,4-9,18,20-22H2,1-3H3/t32-,33+,35+/m0/s1. The number of carbonyl (C=O) groups is 1. The Labute approximate surface area is 271 Å². The van der Waals surface area contributed by atoms with Gasteiger partial charge in [0, 0.05) is 31.2 Å². The molecule has 6 rings (SSSR count). The first-order chi connectivity index (χ1) is 21.3. The number of rotatable bonds is 7. The zero-order valence-corrected chi connectivity index (χ0v) is 27.4. The number of ether oxygens (including phenoxy) is 3. The molecule has 0 radical (unpaired) electrons. The zero-order chi connectivity index (χ0) is 30.8. The number of hydrogen-bond acceptors (Lipinski definition) is 6. The van der Waals surface area contributed by atoms with E-state index in [1.807, 2.05) is 30.3 Å². The van der Waals surface area contributed by atoms with E-state index in [1.54, 1.807) is 0 Å². The number of halogens is 2. The van der Waals surface area contributed by atoms with E-state index in [1.165, 1.54) is 37.5 Å². The summed E-state index contributed by atoms with van der Waals surface area (Å²) in [7, 11) is 3.64. The average Bonchev–Trinajstić information content (AvgIpc) is 3.20. The topological polar surface area (TPSA) is 51.2 Å². The van der Waals surface area contributed by atoms with Gasteiger partial charge in [-0.25, -0.2) is 0 Å². The molecule has 3 aliphatic rings. The Hall–Kier alpha value is -2.77. The molecule has 0 N–H and O–H groups in total. The number of carbonyl (C=O) groups excluding carboxylic acids is 1. The van der Waals surface area contributed by atoms with Crippen molar-refractivity contribution in [2.24, 2.45) is 0 Å². The summed E-state index contributed by atoms with van der Waals surface area (Å²) in [6.07, 6.45) is 7.25. The summed E-state index contributed by atoms with van der Waals surface area (Å²) < 4.78 is 18.4. The van der Waals surface area contributed by atoms with Gasteiger partial charge in [-0.05, 0) is 85.3 Å². The summed E-state index contributed by atoms with van der Waals surface area (Å²) in [6, 6.07) is 18.6. The fourth-order valence-corrected chi connectivity index (χ4v) is 7.41. The highest BCUT2D eigenvalue weighted by atomic mass is 35.5. The number of hydrogen-bond donors (Lipinski definition) is 0. The van der Waals surface area contributed by atoms with Gasteiger partial charge in [-0.1, -0.05) is 73.7 Å². The minimum Gasteiger partial charge on any atom is -0.486 e. The zero-order valence-electron chi connectivity index (χ0n) is 25.9. The van der Waals surface area contributed by atoms with Gasteiger partial charge >= 0.3 is 5.97 Å². The Morgan fingerprint density at radius 3 is 2.43 bits per heavy atom. The molecule has 0 spiro atoms. The lowest BCUT2D eigenvalue weighted by molar-refractivity contribution is -0.149. The lowest BCUT2D eigenvalue weighted by atomic mass is 9.87. The molecule has 3 aromatic carbocycles. The maximum absolute atomic E-state index is 12.9. The van der Waals surface area contributed by atoms with E-state index in [-0.39, 0.29) is 24.2 Å². The number of benzene rings is 3. The Morgan fingerprint density at radius 1 is 0.955 bits per heavy atom. The van der Waals surface area contributed by atoms with Gasteiger partial charge in [0.15, 0.2) is 0 Å². The predicted molar refractivity (Wildman–Crippen MR) is 175 cm³/mol. The highest BCUT2D eigenvalue weighted by Crippen LogP contribution is 2.38. The normalized spacial score (nSPS) is 21.8. The number of methoxy groups -OCH3 is 1. The number of nitrogens with zero attached hydrogens (tertiary/aromatic N) is 2. The molecule has 2 aliphatic heterocycles. The van der Waals surface area contributed by atoms with E-state index in [2.05, 4.69) is 48.0 Å². The molecule has 3 atom stereocenters.